The fourth-order valence-corrected chi connectivity index (χ4v) is 4.29. The van der Waals surface area contributed by atoms with Crippen molar-refractivity contribution < 1.29 is 13.2 Å². The third kappa shape index (κ3) is 3.84. The standard InChI is InChI=1S/C17H22N4O3S/c1-13-16(12-20(2)18-13)25(23,24)19-15-8-6-14(7-9-15)17(22)21-10-4-3-5-11-21/h6-9,12,19H,3-5,10-11H2,1-2H3. The number of likely N-dealkylation sites (tertiary alicyclic amines) is 1. The number of aryl methyl sites for hydroxylation is 2. The lowest BCUT2D eigenvalue weighted by Crippen LogP contribution is -2.35. The summed E-state index contributed by atoms with van der Waals surface area (Å²) in [7, 11) is -2.03. The molecule has 0 aliphatic carbocycles. The first-order valence-electron chi connectivity index (χ1n) is 8.29. The largest absolute Gasteiger partial charge is 0.339 e. The van der Waals surface area contributed by atoms with Crippen molar-refractivity contribution >= 4 is 21.6 Å². The van der Waals surface area contributed by atoms with E-state index in [0.29, 0.717) is 16.9 Å². The summed E-state index contributed by atoms with van der Waals surface area (Å²) in [5, 5.41) is 4.06. The number of anilines is 1. The summed E-state index contributed by atoms with van der Waals surface area (Å²) < 4.78 is 28.9. The van der Waals surface area contributed by atoms with E-state index >= 15 is 0 Å². The molecular weight excluding hydrogens is 340 g/mol. The van der Waals surface area contributed by atoms with E-state index in [2.05, 4.69) is 9.82 Å². The molecule has 0 atom stereocenters. The van der Waals surface area contributed by atoms with Gasteiger partial charge in [0.25, 0.3) is 15.9 Å². The Labute approximate surface area is 147 Å². The van der Waals surface area contributed by atoms with E-state index in [4.69, 9.17) is 0 Å². The van der Waals surface area contributed by atoms with Crippen LogP contribution in [0.4, 0.5) is 5.69 Å². The van der Waals surface area contributed by atoms with Crippen molar-refractivity contribution in [3.8, 4) is 0 Å². The highest BCUT2D eigenvalue weighted by molar-refractivity contribution is 7.92. The summed E-state index contributed by atoms with van der Waals surface area (Å²) in [5.41, 5.74) is 1.42. The third-order valence-corrected chi connectivity index (χ3v) is 5.77. The summed E-state index contributed by atoms with van der Waals surface area (Å²) in [6.45, 7) is 3.22. The normalized spacial score (nSPS) is 15.2. The maximum absolute atomic E-state index is 12.5. The van der Waals surface area contributed by atoms with Gasteiger partial charge in [0, 0.05) is 37.6 Å². The molecule has 1 aliphatic heterocycles. The van der Waals surface area contributed by atoms with E-state index in [1.54, 1.807) is 38.2 Å². The number of amides is 1. The highest BCUT2D eigenvalue weighted by Gasteiger charge is 2.21. The summed E-state index contributed by atoms with van der Waals surface area (Å²) in [5.74, 6) is -0.00258. The Morgan fingerprint density at radius 1 is 1.12 bits per heavy atom. The molecule has 3 rings (SSSR count). The fourth-order valence-electron chi connectivity index (χ4n) is 3.01. The minimum absolute atomic E-state index is 0.00258. The highest BCUT2D eigenvalue weighted by atomic mass is 32.2. The van der Waals surface area contributed by atoms with Gasteiger partial charge in [0.2, 0.25) is 0 Å². The minimum Gasteiger partial charge on any atom is -0.339 e. The van der Waals surface area contributed by atoms with Crippen LogP contribution in [0.15, 0.2) is 35.4 Å². The van der Waals surface area contributed by atoms with Crippen LogP contribution in [-0.4, -0.2) is 42.1 Å². The molecule has 0 radical (unpaired) electrons. The Morgan fingerprint density at radius 2 is 1.76 bits per heavy atom. The molecule has 1 aliphatic rings. The average molecular weight is 362 g/mol. The van der Waals surface area contributed by atoms with E-state index in [-0.39, 0.29) is 10.8 Å². The first-order valence-corrected chi connectivity index (χ1v) is 9.77. The molecule has 0 saturated carbocycles. The van der Waals surface area contributed by atoms with Crippen LogP contribution < -0.4 is 4.72 Å². The smallest absolute Gasteiger partial charge is 0.265 e. The molecule has 0 bridgehead atoms. The van der Waals surface area contributed by atoms with Gasteiger partial charge in [-0.1, -0.05) is 0 Å². The number of piperidine rings is 1. The predicted molar refractivity (Wildman–Crippen MR) is 95.0 cm³/mol. The maximum Gasteiger partial charge on any atom is 0.265 e. The quantitative estimate of drug-likeness (QED) is 0.903. The average Bonchev–Trinajstić information content (AvgIpc) is 2.95. The van der Waals surface area contributed by atoms with Crippen molar-refractivity contribution in [1.82, 2.24) is 14.7 Å². The number of sulfonamides is 1. The Morgan fingerprint density at radius 3 is 2.32 bits per heavy atom. The predicted octanol–water partition coefficient (Wildman–Crippen LogP) is 2.16. The molecule has 1 aromatic heterocycles. The first-order chi connectivity index (χ1) is 11.9. The van der Waals surface area contributed by atoms with E-state index in [9.17, 15) is 13.2 Å². The lowest BCUT2D eigenvalue weighted by Gasteiger charge is -2.26. The number of benzene rings is 1. The molecule has 1 N–H and O–H groups in total. The van der Waals surface area contributed by atoms with Crippen molar-refractivity contribution in [2.75, 3.05) is 17.8 Å². The topological polar surface area (TPSA) is 84.3 Å². The Balaban J connectivity index is 1.74. The first kappa shape index (κ1) is 17.5. The zero-order chi connectivity index (χ0) is 18.0. The number of nitrogens with zero attached hydrogens (tertiary/aromatic N) is 3. The molecule has 8 heteroatoms. The molecule has 2 heterocycles. The number of nitrogens with one attached hydrogen (secondary N) is 1. The Hall–Kier alpha value is -2.35. The van der Waals surface area contributed by atoms with Crippen LogP contribution in [0.5, 0.6) is 0 Å². The number of carbonyl (C=O) groups is 1. The molecule has 25 heavy (non-hydrogen) atoms. The lowest BCUT2D eigenvalue weighted by atomic mass is 10.1. The summed E-state index contributed by atoms with van der Waals surface area (Å²) in [6, 6.07) is 6.54. The SMILES string of the molecule is Cc1nn(C)cc1S(=O)(=O)Nc1ccc(C(=O)N2CCCCC2)cc1. The fraction of sp³-hybridized carbons (Fsp3) is 0.412. The zero-order valence-corrected chi connectivity index (χ0v) is 15.2. The molecule has 2 aromatic rings. The van der Waals surface area contributed by atoms with Gasteiger partial charge in [0.15, 0.2) is 0 Å². The molecule has 7 nitrogen and oxygen atoms in total. The second kappa shape index (κ2) is 6.87. The van der Waals surface area contributed by atoms with Crippen LogP contribution in [-0.2, 0) is 17.1 Å². The lowest BCUT2D eigenvalue weighted by molar-refractivity contribution is 0.0724. The molecule has 1 aromatic carbocycles. The summed E-state index contributed by atoms with van der Waals surface area (Å²) >= 11 is 0. The molecule has 1 fully saturated rings. The van der Waals surface area contributed by atoms with Gasteiger partial charge in [-0.05, 0) is 50.5 Å². The van der Waals surface area contributed by atoms with E-state index in [0.717, 1.165) is 32.4 Å². The van der Waals surface area contributed by atoms with Crippen LogP contribution in [0.1, 0.15) is 35.3 Å². The minimum atomic E-state index is -3.71. The number of rotatable bonds is 4. The summed E-state index contributed by atoms with van der Waals surface area (Å²) in [6.07, 6.45) is 4.70. The molecule has 134 valence electrons. The second-order valence-corrected chi connectivity index (χ2v) is 7.94. The highest BCUT2D eigenvalue weighted by Crippen LogP contribution is 2.20. The van der Waals surface area contributed by atoms with Gasteiger partial charge in [-0.15, -0.1) is 0 Å². The molecule has 1 saturated heterocycles. The van der Waals surface area contributed by atoms with Crippen LogP contribution in [0, 0.1) is 6.92 Å². The van der Waals surface area contributed by atoms with Crippen molar-refractivity contribution in [2.24, 2.45) is 7.05 Å². The van der Waals surface area contributed by atoms with Crippen LogP contribution in [0.3, 0.4) is 0 Å². The monoisotopic (exact) mass is 362 g/mol. The van der Waals surface area contributed by atoms with Crippen molar-refractivity contribution in [2.45, 2.75) is 31.1 Å². The molecule has 1 amide bonds. The molecule has 0 spiro atoms. The zero-order valence-electron chi connectivity index (χ0n) is 14.4. The summed E-state index contributed by atoms with van der Waals surface area (Å²) in [4.78, 5) is 14.4. The van der Waals surface area contributed by atoms with Gasteiger partial charge in [0.05, 0.1) is 5.69 Å². The number of carbonyl (C=O) groups excluding carboxylic acids is 1. The van der Waals surface area contributed by atoms with Gasteiger partial charge >= 0.3 is 0 Å². The van der Waals surface area contributed by atoms with Gasteiger partial charge in [-0.2, -0.15) is 5.10 Å². The van der Waals surface area contributed by atoms with E-state index in [1.165, 1.54) is 10.9 Å². The van der Waals surface area contributed by atoms with Crippen LogP contribution in [0.25, 0.3) is 0 Å². The number of hydrogen-bond donors (Lipinski definition) is 1. The molecular formula is C17H22N4O3S. The third-order valence-electron chi connectivity index (χ3n) is 4.29. The van der Waals surface area contributed by atoms with E-state index in [1.807, 2.05) is 4.90 Å². The maximum atomic E-state index is 12.5. The Kier molecular flexibility index (Phi) is 4.80. The number of hydrogen-bond acceptors (Lipinski definition) is 4. The van der Waals surface area contributed by atoms with Gasteiger partial charge in [0.1, 0.15) is 4.90 Å². The van der Waals surface area contributed by atoms with E-state index < -0.39 is 10.0 Å². The van der Waals surface area contributed by atoms with Crippen molar-refractivity contribution in [1.29, 1.82) is 0 Å². The van der Waals surface area contributed by atoms with Crippen LogP contribution >= 0.6 is 0 Å². The van der Waals surface area contributed by atoms with Crippen molar-refractivity contribution in [3.63, 3.8) is 0 Å². The van der Waals surface area contributed by atoms with Gasteiger partial charge in [-0.25, -0.2) is 8.42 Å². The Bertz CT molecular complexity index is 866. The second-order valence-electron chi connectivity index (χ2n) is 6.29. The number of aromatic nitrogens is 2. The van der Waals surface area contributed by atoms with Gasteiger partial charge in [-0.3, -0.25) is 14.2 Å². The van der Waals surface area contributed by atoms with Crippen LogP contribution in [0.2, 0.25) is 0 Å². The molecule has 0 unspecified atom stereocenters. The van der Waals surface area contributed by atoms with Crippen molar-refractivity contribution in [3.05, 3.63) is 41.7 Å². The van der Waals surface area contributed by atoms with Gasteiger partial charge < -0.3 is 4.90 Å².